The van der Waals surface area contributed by atoms with Crippen molar-refractivity contribution in [3.8, 4) is 23.0 Å². The van der Waals surface area contributed by atoms with E-state index in [0.29, 0.717) is 29.1 Å². The van der Waals surface area contributed by atoms with Crippen LogP contribution in [0.2, 0.25) is 0 Å². The Morgan fingerprint density at radius 3 is 2.80 bits per heavy atom. The highest BCUT2D eigenvalue weighted by Gasteiger charge is 2.15. The van der Waals surface area contributed by atoms with Crippen molar-refractivity contribution >= 4 is 22.8 Å². The van der Waals surface area contributed by atoms with Gasteiger partial charge in [0.15, 0.2) is 17.1 Å². The summed E-state index contributed by atoms with van der Waals surface area (Å²) in [4.78, 5) is 17.8. The molecule has 30 heavy (non-hydrogen) atoms. The smallest absolute Gasteiger partial charge is 0.335 e. The number of rotatable bonds is 5. The van der Waals surface area contributed by atoms with E-state index in [0.717, 1.165) is 22.7 Å². The number of carboxylic acid groups (broad SMARTS) is 1. The standard InChI is InChI=1S/C23H18N2O5/c1-25(12-14-5-8-19-21(9-14)29-13-28-19)17-6-7-18-20(11-17)30-22(24-18)15-3-2-4-16(10-15)23(26)27/h2-11H,12-13H2,1H3,(H,26,27). The van der Waals surface area contributed by atoms with Crippen LogP contribution in [0.3, 0.4) is 0 Å². The molecule has 0 saturated carbocycles. The van der Waals surface area contributed by atoms with Crippen LogP contribution >= 0.6 is 0 Å². The van der Waals surface area contributed by atoms with E-state index >= 15 is 0 Å². The summed E-state index contributed by atoms with van der Waals surface area (Å²) in [6.45, 7) is 0.943. The van der Waals surface area contributed by atoms with Crippen molar-refractivity contribution in [1.29, 1.82) is 0 Å². The molecule has 7 nitrogen and oxygen atoms in total. The van der Waals surface area contributed by atoms with Crippen LogP contribution in [0.1, 0.15) is 15.9 Å². The van der Waals surface area contributed by atoms with Gasteiger partial charge >= 0.3 is 5.97 Å². The van der Waals surface area contributed by atoms with Crippen LogP contribution in [0.15, 0.2) is 65.1 Å². The van der Waals surface area contributed by atoms with Crippen molar-refractivity contribution in [2.24, 2.45) is 0 Å². The summed E-state index contributed by atoms with van der Waals surface area (Å²) >= 11 is 0. The van der Waals surface area contributed by atoms with Gasteiger partial charge in [-0.2, -0.15) is 0 Å². The van der Waals surface area contributed by atoms with Gasteiger partial charge in [-0.25, -0.2) is 9.78 Å². The quantitative estimate of drug-likeness (QED) is 0.524. The molecule has 0 fully saturated rings. The molecular weight excluding hydrogens is 384 g/mol. The van der Waals surface area contributed by atoms with E-state index in [1.54, 1.807) is 18.2 Å². The summed E-state index contributed by atoms with van der Waals surface area (Å²) in [6, 6.07) is 18.3. The molecule has 2 heterocycles. The van der Waals surface area contributed by atoms with Crippen molar-refractivity contribution < 1.29 is 23.8 Å². The van der Waals surface area contributed by atoms with Gasteiger partial charge in [-0.3, -0.25) is 0 Å². The monoisotopic (exact) mass is 402 g/mol. The van der Waals surface area contributed by atoms with Crippen LogP contribution in [0.4, 0.5) is 5.69 Å². The maximum atomic E-state index is 11.2. The Kier molecular flexibility index (Phi) is 4.28. The third-order valence-electron chi connectivity index (χ3n) is 5.03. The molecule has 150 valence electrons. The maximum absolute atomic E-state index is 11.2. The van der Waals surface area contributed by atoms with Crippen molar-refractivity contribution in [2.75, 3.05) is 18.7 Å². The molecule has 0 bridgehead atoms. The van der Waals surface area contributed by atoms with Crippen molar-refractivity contribution in [3.05, 3.63) is 71.8 Å². The molecule has 0 unspecified atom stereocenters. The Morgan fingerprint density at radius 2 is 1.93 bits per heavy atom. The first kappa shape index (κ1) is 18.1. The van der Waals surface area contributed by atoms with Gasteiger partial charge in [0, 0.05) is 30.9 Å². The molecule has 4 aromatic rings. The predicted octanol–water partition coefficient (Wildman–Crippen LogP) is 4.56. The topological polar surface area (TPSA) is 85.0 Å². The third kappa shape index (κ3) is 3.30. The Hall–Kier alpha value is -4.00. The molecular formula is C23H18N2O5. The van der Waals surface area contributed by atoms with Gasteiger partial charge in [0.1, 0.15) is 5.52 Å². The zero-order valence-corrected chi connectivity index (χ0v) is 16.2. The fourth-order valence-electron chi connectivity index (χ4n) is 3.46. The van der Waals surface area contributed by atoms with E-state index in [4.69, 9.17) is 13.9 Å². The third-order valence-corrected chi connectivity index (χ3v) is 5.03. The van der Waals surface area contributed by atoms with E-state index < -0.39 is 5.97 Å². The number of oxazole rings is 1. The molecule has 3 aromatic carbocycles. The number of carbonyl (C=O) groups is 1. The fourth-order valence-corrected chi connectivity index (χ4v) is 3.46. The van der Waals surface area contributed by atoms with E-state index in [9.17, 15) is 9.90 Å². The second-order valence-electron chi connectivity index (χ2n) is 7.10. The zero-order chi connectivity index (χ0) is 20.7. The van der Waals surface area contributed by atoms with Crippen LogP contribution < -0.4 is 14.4 Å². The summed E-state index contributed by atoms with van der Waals surface area (Å²) in [7, 11) is 2.00. The molecule has 1 N–H and O–H groups in total. The van der Waals surface area contributed by atoms with Gasteiger partial charge in [0.05, 0.1) is 5.56 Å². The molecule has 0 amide bonds. The minimum atomic E-state index is -0.986. The van der Waals surface area contributed by atoms with Crippen LogP contribution in [0, 0.1) is 0 Å². The molecule has 1 aromatic heterocycles. The Morgan fingerprint density at radius 1 is 1.07 bits per heavy atom. The predicted molar refractivity (Wildman–Crippen MR) is 111 cm³/mol. The van der Waals surface area contributed by atoms with Crippen LogP contribution in [-0.4, -0.2) is 29.9 Å². The molecule has 0 saturated heterocycles. The lowest BCUT2D eigenvalue weighted by atomic mass is 10.1. The largest absolute Gasteiger partial charge is 0.478 e. The molecule has 1 aliphatic heterocycles. The average molecular weight is 402 g/mol. The lowest BCUT2D eigenvalue weighted by Crippen LogP contribution is -2.16. The zero-order valence-electron chi connectivity index (χ0n) is 16.2. The number of nitrogens with zero attached hydrogens (tertiary/aromatic N) is 2. The highest BCUT2D eigenvalue weighted by atomic mass is 16.7. The first-order valence-corrected chi connectivity index (χ1v) is 9.41. The molecule has 0 atom stereocenters. The SMILES string of the molecule is CN(Cc1ccc2c(c1)OCO2)c1ccc2nc(-c3cccc(C(=O)O)c3)oc2c1. The lowest BCUT2D eigenvalue weighted by Gasteiger charge is -2.19. The molecule has 0 aliphatic carbocycles. The van der Waals surface area contributed by atoms with Gasteiger partial charge in [-0.15, -0.1) is 0 Å². The Labute approximate surface area is 172 Å². The second kappa shape index (κ2) is 7.11. The minimum Gasteiger partial charge on any atom is -0.478 e. The molecule has 5 rings (SSSR count). The molecule has 7 heteroatoms. The molecule has 1 aliphatic rings. The van der Waals surface area contributed by atoms with Crippen LogP contribution in [0.25, 0.3) is 22.6 Å². The summed E-state index contributed by atoms with van der Waals surface area (Å²) in [5.74, 6) is 0.938. The molecule has 0 spiro atoms. The van der Waals surface area contributed by atoms with Crippen molar-refractivity contribution in [2.45, 2.75) is 6.54 Å². The number of aromatic carboxylic acids is 1. The Bertz CT molecular complexity index is 1260. The first-order chi connectivity index (χ1) is 14.6. The van der Waals surface area contributed by atoms with Gasteiger partial charge < -0.3 is 23.9 Å². The summed E-state index contributed by atoms with van der Waals surface area (Å²) in [6.07, 6.45) is 0. The minimum absolute atomic E-state index is 0.193. The van der Waals surface area contributed by atoms with Crippen molar-refractivity contribution in [3.63, 3.8) is 0 Å². The van der Waals surface area contributed by atoms with E-state index in [-0.39, 0.29) is 12.4 Å². The Balaban J connectivity index is 1.41. The van der Waals surface area contributed by atoms with Gasteiger partial charge in [0.2, 0.25) is 12.7 Å². The number of hydrogen-bond donors (Lipinski definition) is 1. The van der Waals surface area contributed by atoms with Crippen LogP contribution in [-0.2, 0) is 6.54 Å². The fraction of sp³-hybridized carbons (Fsp3) is 0.130. The number of aromatic nitrogens is 1. The van der Waals surface area contributed by atoms with E-state index in [1.165, 1.54) is 6.07 Å². The maximum Gasteiger partial charge on any atom is 0.335 e. The number of fused-ring (bicyclic) bond motifs is 2. The highest BCUT2D eigenvalue weighted by molar-refractivity contribution is 5.89. The van der Waals surface area contributed by atoms with Crippen LogP contribution in [0.5, 0.6) is 11.5 Å². The van der Waals surface area contributed by atoms with E-state index in [2.05, 4.69) is 9.88 Å². The molecule has 0 radical (unpaired) electrons. The van der Waals surface area contributed by atoms with Gasteiger partial charge in [-0.1, -0.05) is 12.1 Å². The number of anilines is 1. The highest BCUT2D eigenvalue weighted by Crippen LogP contribution is 2.33. The average Bonchev–Trinajstić information content (AvgIpc) is 3.39. The van der Waals surface area contributed by atoms with Crippen molar-refractivity contribution in [1.82, 2.24) is 4.98 Å². The second-order valence-corrected chi connectivity index (χ2v) is 7.10. The number of benzene rings is 3. The number of hydrogen-bond acceptors (Lipinski definition) is 6. The summed E-state index contributed by atoms with van der Waals surface area (Å²) in [5, 5.41) is 9.19. The van der Waals surface area contributed by atoms with E-state index in [1.807, 2.05) is 43.4 Å². The van der Waals surface area contributed by atoms with Gasteiger partial charge in [-0.05, 0) is 48.0 Å². The lowest BCUT2D eigenvalue weighted by molar-refractivity contribution is 0.0697. The number of carboxylic acids is 1. The number of ether oxygens (including phenoxy) is 2. The first-order valence-electron chi connectivity index (χ1n) is 9.41. The summed E-state index contributed by atoms with van der Waals surface area (Å²) < 4.78 is 16.7. The normalized spacial score (nSPS) is 12.3. The van der Waals surface area contributed by atoms with Gasteiger partial charge in [0.25, 0.3) is 0 Å². The summed E-state index contributed by atoms with van der Waals surface area (Å²) in [5.41, 5.74) is 4.25.